The average Bonchev–Trinajstić information content (AvgIpc) is 3.22. The molecule has 1 aromatic carbocycles. The Balaban J connectivity index is 1.89. The van der Waals surface area contributed by atoms with Gasteiger partial charge in [-0.05, 0) is 17.7 Å². The SMILES string of the molecule is O=C1NC[C@@H](C(=O)N[C@@H](c2ccc(Cl)cc2)c2coc(C(F)(F)F)n2)O1. The predicted octanol–water partition coefficient (Wildman–Crippen LogP) is 2.66. The summed E-state index contributed by atoms with van der Waals surface area (Å²) >= 11 is 5.82. The fourth-order valence-electron chi connectivity index (χ4n) is 2.30. The summed E-state index contributed by atoms with van der Waals surface area (Å²) in [5.74, 6) is -2.13. The molecule has 2 amide bonds. The Bertz CT molecular complexity index is 822. The highest BCUT2D eigenvalue weighted by Gasteiger charge is 2.39. The Morgan fingerprint density at radius 1 is 1.35 bits per heavy atom. The molecule has 1 saturated heterocycles. The van der Waals surface area contributed by atoms with Crippen molar-refractivity contribution in [2.75, 3.05) is 6.54 Å². The first-order valence-corrected chi connectivity index (χ1v) is 7.65. The van der Waals surface area contributed by atoms with Gasteiger partial charge in [-0.2, -0.15) is 13.2 Å². The summed E-state index contributed by atoms with van der Waals surface area (Å²) in [4.78, 5) is 26.8. The number of alkyl carbamates (subject to hydrolysis) is 1. The van der Waals surface area contributed by atoms with E-state index in [2.05, 4.69) is 20.0 Å². The molecule has 0 aliphatic carbocycles. The zero-order valence-corrected chi connectivity index (χ0v) is 13.6. The van der Waals surface area contributed by atoms with Crippen LogP contribution in [0.4, 0.5) is 18.0 Å². The third-order valence-electron chi connectivity index (χ3n) is 3.52. The van der Waals surface area contributed by atoms with Gasteiger partial charge in [0.25, 0.3) is 5.91 Å². The maximum absolute atomic E-state index is 12.7. The molecule has 2 aromatic rings. The second-order valence-corrected chi connectivity index (χ2v) is 5.78. The number of carbonyl (C=O) groups is 2. The van der Waals surface area contributed by atoms with Crippen molar-refractivity contribution in [2.45, 2.75) is 18.3 Å². The average molecular weight is 390 g/mol. The molecule has 0 radical (unpaired) electrons. The number of hydrogen-bond donors (Lipinski definition) is 2. The molecule has 0 saturated carbocycles. The van der Waals surface area contributed by atoms with E-state index in [4.69, 9.17) is 16.3 Å². The standard InChI is InChI=1S/C15H11ClF3N3O4/c16-8-3-1-7(2-4-8)11(9-6-25-13(21-9)15(17,18)19)22-12(23)10-5-20-14(24)26-10/h1-4,6,10-11H,5H2,(H,20,24)(H,22,23)/t10-,11-/m0/s1. The maximum Gasteiger partial charge on any atom is 0.468 e. The molecule has 11 heteroatoms. The number of cyclic esters (lactones) is 1. The normalized spacial score (nSPS) is 18.2. The van der Waals surface area contributed by atoms with Crippen molar-refractivity contribution >= 4 is 23.6 Å². The number of nitrogens with zero attached hydrogens (tertiary/aromatic N) is 1. The van der Waals surface area contributed by atoms with Crippen molar-refractivity contribution in [1.82, 2.24) is 15.6 Å². The van der Waals surface area contributed by atoms with E-state index in [-0.39, 0.29) is 12.2 Å². The van der Waals surface area contributed by atoms with E-state index < -0.39 is 36.2 Å². The van der Waals surface area contributed by atoms with E-state index >= 15 is 0 Å². The number of aromatic nitrogens is 1. The molecule has 1 aromatic heterocycles. The molecule has 2 heterocycles. The first-order valence-electron chi connectivity index (χ1n) is 7.27. The van der Waals surface area contributed by atoms with Gasteiger partial charge in [-0.25, -0.2) is 9.78 Å². The summed E-state index contributed by atoms with van der Waals surface area (Å²) in [7, 11) is 0. The molecule has 0 unspecified atom stereocenters. The summed E-state index contributed by atoms with van der Waals surface area (Å²) < 4.78 is 47.5. The third-order valence-corrected chi connectivity index (χ3v) is 3.78. The van der Waals surface area contributed by atoms with Crippen LogP contribution in [0.25, 0.3) is 0 Å². The van der Waals surface area contributed by atoms with Crippen molar-refractivity contribution in [1.29, 1.82) is 0 Å². The monoisotopic (exact) mass is 389 g/mol. The number of carbonyl (C=O) groups excluding carboxylic acids is 2. The zero-order valence-electron chi connectivity index (χ0n) is 12.8. The van der Waals surface area contributed by atoms with Crippen LogP contribution in [0.3, 0.4) is 0 Å². The van der Waals surface area contributed by atoms with Gasteiger partial charge in [0.15, 0.2) is 6.10 Å². The number of oxazole rings is 1. The van der Waals surface area contributed by atoms with Crippen molar-refractivity contribution in [3.8, 4) is 0 Å². The van der Waals surface area contributed by atoms with Gasteiger partial charge >= 0.3 is 18.2 Å². The van der Waals surface area contributed by atoms with Gasteiger partial charge in [0.1, 0.15) is 12.0 Å². The lowest BCUT2D eigenvalue weighted by molar-refractivity contribution is -0.157. The second kappa shape index (κ2) is 6.87. The summed E-state index contributed by atoms with van der Waals surface area (Å²) in [6.07, 6.45) is -5.82. The van der Waals surface area contributed by atoms with Gasteiger partial charge in [0.2, 0.25) is 0 Å². The lowest BCUT2D eigenvalue weighted by atomic mass is 10.0. The minimum atomic E-state index is -4.77. The van der Waals surface area contributed by atoms with Crippen molar-refractivity contribution in [2.24, 2.45) is 0 Å². The van der Waals surface area contributed by atoms with Crippen LogP contribution in [0, 0.1) is 0 Å². The number of halogens is 4. The van der Waals surface area contributed by atoms with E-state index in [9.17, 15) is 22.8 Å². The van der Waals surface area contributed by atoms with Gasteiger partial charge in [0.05, 0.1) is 12.6 Å². The molecular formula is C15H11ClF3N3O4. The number of nitrogens with one attached hydrogen (secondary N) is 2. The van der Waals surface area contributed by atoms with Crippen LogP contribution in [0.5, 0.6) is 0 Å². The molecule has 0 spiro atoms. The van der Waals surface area contributed by atoms with E-state index in [1.54, 1.807) is 0 Å². The van der Waals surface area contributed by atoms with Gasteiger partial charge < -0.3 is 19.8 Å². The van der Waals surface area contributed by atoms with E-state index in [0.717, 1.165) is 6.26 Å². The van der Waals surface area contributed by atoms with E-state index in [1.165, 1.54) is 24.3 Å². The molecule has 1 fully saturated rings. The number of benzene rings is 1. The third kappa shape index (κ3) is 3.90. The van der Waals surface area contributed by atoms with Crippen LogP contribution in [-0.4, -0.2) is 29.6 Å². The summed E-state index contributed by atoms with van der Waals surface area (Å²) in [6.45, 7) is -0.0510. The van der Waals surface area contributed by atoms with E-state index in [1.807, 2.05) is 0 Å². The van der Waals surface area contributed by atoms with Crippen LogP contribution in [0.15, 0.2) is 34.9 Å². The van der Waals surface area contributed by atoms with Crippen molar-refractivity contribution in [3.63, 3.8) is 0 Å². The number of ether oxygens (including phenoxy) is 1. The molecule has 1 aliphatic heterocycles. The topological polar surface area (TPSA) is 93.5 Å². The summed E-state index contributed by atoms with van der Waals surface area (Å²) in [5, 5.41) is 5.23. The first kappa shape index (κ1) is 18.1. The number of alkyl halides is 3. The molecular weight excluding hydrogens is 379 g/mol. The lowest BCUT2D eigenvalue weighted by Gasteiger charge is -2.18. The minimum absolute atomic E-state index is 0.0510. The minimum Gasteiger partial charge on any atom is -0.441 e. The van der Waals surface area contributed by atoms with Gasteiger partial charge in [-0.15, -0.1) is 0 Å². The predicted molar refractivity (Wildman–Crippen MR) is 81.2 cm³/mol. The smallest absolute Gasteiger partial charge is 0.441 e. The van der Waals surface area contributed by atoms with Crippen LogP contribution < -0.4 is 10.6 Å². The van der Waals surface area contributed by atoms with Crippen LogP contribution in [0.1, 0.15) is 23.2 Å². The number of rotatable bonds is 4. The van der Waals surface area contributed by atoms with Gasteiger partial charge in [0, 0.05) is 5.02 Å². The molecule has 3 rings (SSSR count). The van der Waals surface area contributed by atoms with E-state index in [0.29, 0.717) is 10.6 Å². The molecule has 2 N–H and O–H groups in total. The highest BCUT2D eigenvalue weighted by atomic mass is 35.5. The Hall–Kier alpha value is -2.75. The molecule has 26 heavy (non-hydrogen) atoms. The Labute approximate surface area is 149 Å². The molecule has 0 bridgehead atoms. The molecule has 138 valence electrons. The highest BCUT2D eigenvalue weighted by Crippen LogP contribution is 2.31. The lowest BCUT2D eigenvalue weighted by Crippen LogP contribution is -2.39. The quantitative estimate of drug-likeness (QED) is 0.838. The Morgan fingerprint density at radius 2 is 2.04 bits per heavy atom. The highest BCUT2D eigenvalue weighted by molar-refractivity contribution is 6.30. The van der Waals surface area contributed by atoms with Crippen LogP contribution in [0.2, 0.25) is 5.02 Å². The number of amides is 2. The summed E-state index contributed by atoms with van der Waals surface area (Å²) in [6, 6.07) is 5.01. The van der Waals surface area contributed by atoms with Gasteiger partial charge in [-0.1, -0.05) is 23.7 Å². The van der Waals surface area contributed by atoms with Gasteiger partial charge in [-0.3, -0.25) is 4.79 Å². The first-order chi connectivity index (χ1) is 12.2. The Kier molecular flexibility index (Phi) is 4.77. The molecule has 1 aliphatic rings. The zero-order chi connectivity index (χ0) is 18.9. The Morgan fingerprint density at radius 3 is 2.58 bits per heavy atom. The molecule has 7 nitrogen and oxygen atoms in total. The summed E-state index contributed by atoms with van der Waals surface area (Å²) in [5.41, 5.74) is 0.257. The largest absolute Gasteiger partial charge is 0.468 e. The van der Waals surface area contributed by atoms with Crippen LogP contribution in [-0.2, 0) is 15.7 Å². The second-order valence-electron chi connectivity index (χ2n) is 5.34. The van der Waals surface area contributed by atoms with Crippen molar-refractivity contribution < 1.29 is 31.9 Å². The maximum atomic E-state index is 12.7. The van der Waals surface area contributed by atoms with Crippen LogP contribution >= 0.6 is 11.6 Å². The fraction of sp³-hybridized carbons (Fsp3) is 0.267. The fourth-order valence-corrected chi connectivity index (χ4v) is 2.43. The molecule has 2 atom stereocenters. The number of hydrogen-bond acceptors (Lipinski definition) is 5. The van der Waals surface area contributed by atoms with Crippen molar-refractivity contribution in [3.05, 3.63) is 52.7 Å².